The van der Waals surface area contributed by atoms with Crippen LogP contribution in [0.5, 0.6) is 0 Å². The molecule has 1 amide bonds. The van der Waals surface area contributed by atoms with Crippen molar-refractivity contribution < 1.29 is 19.1 Å². The maximum absolute atomic E-state index is 12.6. The van der Waals surface area contributed by atoms with Gasteiger partial charge < -0.3 is 14.4 Å². The first-order chi connectivity index (χ1) is 15.6. The van der Waals surface area contributed by atoms with Crippen molar-refractivity contribution in [2.24, 2.45) is 0 Å². The predicted molar refractivity (Wildman–Crippen MR) is 122 cm³/mol. The lowest BCUT2D eigenvalue weighted by molar-refractivity contribution is -0.137. The van der Waals surface area contributed by atoms with Crippen LogP contribution in [0.1, 0.15) is 56.9 Å². The Bertz CT molecular complexity index is 989. The van der Waals surface area contributed by atoms with E-state index in [1.54, 1.807) is 0 Å². The first-order valence-electron chi connectivity index (χ1n) is 11.3. The number of oxazole rings is 1. The van der Waals surface area contributed by atoms with E-state index < -0.39 is 5.97 Å². The predicted octanol–water partition coefficient (Wildman–Crippen LogP) is 5.71. The Balaban J connectivity index is 1.53. The number of likely N-dealkylation sites (tertiary alicyclic amines) is 1. The monoisotopic (exact) mass is 432 g/mol. The van der Waals surface area contributed by atoms with Gasteiger partial charge in [0.1, 0.15) is 11.7 Å². The second-order valence-corrected chi connectivity index (χ2v) is 8.16. The molecule has 1 fully saturated rings. The molecule has 0 bridgehead atoms. The number of hydrogen-bond acceptors (Lipinski definition) is 4. The minimum absolute atomic E-state index is 0.126. The molecular weight excluding hydrogens is 404 g/mol. The van der Waals surface area contributed by atoms with Gasteiger partial charge in [0, 0.05) is 30.5 Å². The van der Waals surface area contributed by atoms with Crippen molar-refractivity contribution in [2.45, 2.75) is 51.0 Å². The maximum Gasteiger partial charge on any atom is 0.303 e. The van der Waals surface area contributed by atoms with E-state index in [9.17, 15) is 9.59 Å². The third-order valence-electron chi connectivity index (χ3n) is 5.88. The highest BCUT2D eigenvalue weighted by molar-refractivity contribution is 5.80. The van der Waals surface area contributed by atoms with Gasteiger partial charge in [0.15, 0.2) is 5.76 Å². The second kappa shape index (κ2) is 10.3. The molecule has 166 valence electrons. The number of rotatable bonds is 10. The summed E-state index contributed by atoms with van der Waals surface area (Å²) in [5.41, 5.74) is 2.73. The standard InChI is InChI=1S/C26H28N2O4/c29-22-17-16-21(28(22)18-10-2-1-9-15-23(30)31)26-27-24(19-11-5-3-6-12-19)25(32-26)20-13-7-4-8-14-20/h3-8,11-14,21H,1-2,9-10,15-18H2,(H,30,31). The Labute approximate surface area is 187 Å². The van der Waals surface area contributed by atoms with Gasteiger partial charge in [-0.05, 0) is 19.3 Å². The highest BCUT2D eigenvalue weighted by atomic mass is 16.4. The molecule has 0 saturated carbocycles. The summed E-state index contributed by atoms with van der Waals surface area (Å²) in [7, 11) is 0. The molecule has 1 aromatic heterocycles. The van der Waals surface area contributed by atoms with E-state index >= 15 is 0 Å². The van der Waals surface area contributed by atoms with E-state index in [4.69, 9.17) is 14.5 Å². The molecule has 0 radical (unpaired) electrons. The molecular formula is C26H28N2O4. The zero-order valence-electron chi connectivity index (χ0n) is 18.1. The summed E-state index contributed by atoms with van der Waals surface area (Å²) in [6, 6.07) is 19.7. The van der Waals surface area contributed by atoms with Gasteiger partial charge in [0.05, 0.1) is 0 Å². The highest BCUT2D eigenvalue weighted by Gasteiger charge is 2.36. The number of carbonyl (C=O) groups is 2. The van der Waals surface area contributed by atoms with E-state index in [1.807, 2.05) is 65.6 Å². The Morgan fingerprint density at radius 2 is 1.62 bits per heavy atom. The van der Waals surface area contributed by atoms with Crippen molar-refractivity contribution in [3.63, 3.8) is 0 Å². The molecule has 0 spiro atoms. The number of unbranched alkanes of at least 4 members (excludes halogenated alkanes) is 3. The quantitative estimate of drug-likeness (QED) is 0.415. The fraction of sp³-hybridized carbons (Fsp3) is 0.346. The minimum atomic E-state index is -0.757. The number of carbonyl (C=O) groups excluding carboxylic acids is 1. The molecule has 2 aromatic carbocycles. The SMILES string of the molecule is O=C(O)CCCCCCN1C(=O)CCC1c1nc(-c2ccccc2)c(-c2ccccc2)o1. The number of carboxylic acid groups (broad SMARTS) is 1. The van der Waals surface area contributed by atoms with Gasteiger partial charge in [-0.1, -0.05) is 73.5 Å². The van der Waals surface area contributed by atoms with Crippen molar-refractivity contribution >= 4 is 11.9 Å². The summed E-state index contributed by atoms with van der Waals surface area (Å²) in [5.74, 6) is 0.674. The van der Waals surface area contributed by atoms with E-state index in [-0.39, 0.29) is 18.4 Å². The van der Waals surface area contributed by atoms with Gasteiger partial charge in [-0.25, -0.2) is 4.98 Å². The van der Waals surface area contributed by atoms with Crippen LogP contribution in [-0.4, -0.2) is 33.4 Å². The summed E-state index contributed by atoms with van der Waals surface area (Å²) < 4.78 is 6.32. The Kier molecular flexibility index (Phi) is 7.00. The second-order valence-electron chi connectivity index (χ2n) is 8.16. The average molecular weight is 433 g/mol. The van der Waals surface area contributed by atoms with Crippen LogP contribution >= 0.6 is 0 Å². The van der Waals surface area contributed by atoms with E-state index in [1.165, 1.54) is 0 Å². The molecule has 0 aliphatic carbocycles. The summed E-state index contributed by atoms with van der Waals surface area (Å²) in [4.78, 5) is 30.0. The zero-order valence-corrected chi connectivity index (χ0v) is 18.1. The fourth-order valence-corrected chi connectivity index (χ4v) is 4.24. The van der Waals surface area contributed by atoms with Crippen molar-refractivity contribution in [3.8, 4) is 22.6 Å². The van der Waals surface area contributed by atoms with Crippen LogP contribution < -0.4 is 0 Å². The summed E-state index contributed by atoms with van der Waals surface area (Å²) in [5, 5.41) is 8.76. The Hall–Kier alpha value is -3.41. The molecule has 1 aliphatic rings. The lowest BCUT2D eigenvalue weighted by atomic mass is 10.1. The number of nitrogens with zero attached hydrogens (tertiary/aromatic N) is 2. The molecule has 1 N–H and O–H groups in total. The number of aliphatic carboxylic acids is 1. The Morgan fingerprint density at radius 1 is 0.969 bits per heavy atom. The molecule has 4 rings (SSSR count). The molecule has 3 aromatic rings. The number of amides is 1. The van der Waals surface area contributed by atoms with E-state index in [2.05, 4.69) is 0 Å². The number of benzene rings is 2. The lowest BCUT2D eigenvalue weighted by Gasteiger charge is -2.22. The third-order valence-corrected chi connectivity index (χ3v) is 5.88. The van der Waals surface area contributed by atoms with Crippen molar-refractivity contribution in [1.82, 2.24) is 9.88 Å². The van der Waals surface area contributed by atoms with Gasteiger partial charge in [-0.15, -0.1) is 0 Å². The van der Waals surface area contributed by atoms with Gasteiger partial charge in [0.25, 0.3) is 0 Å². The topological polar surface area (TPSA) is 83.6 Å². The van der Waals surface area contributed by atoms with Gasteiger partial charge in [-0.3, -0.25) is 9.59 Å². The molecule has 1 aliphatic heterocycles. The summed E-state index contributed by atoms with van der Waals surface area (Å²) >= 11 is 0. The molecule has 6 nitrogen and oxygen atoms in total. The van der Waals surface area contributed by atoms with Crippen molar-refractivity contribution in [1.29, 1.82) is 0 Å². The van der Waals surface area contributed by atoms with Crippen LogP contribution in [0.3, 0.4) is 0 Å². The number of aromatic nitrogens is 1. The van der Waals surface area contributed by atoms with Crippen LogP contribution in [0.2, 0.25) is 0 Å². The first kappa shape index (κ1) is 21.8. The van der Waals surface area contributed by atoms with Gasteiger partial charge in [-0.2, -0.15) is 0 Å². The van der Waals surface area contributed by atoms with Gasteiger partial charge >= 0.3 is 5.97 Å². The number of hydrogen-bond donors (Lipinski definition) is 1. The molecule has 32 heavy (non-hydrogen) atoms. The van der Waals surface area contributed by atoms with Crippen LogP contribution in [0.15, 0.2) is 65.1 Å². The zero-order chi connectivity index (χ0) is 22.3. The van der Waals surface area contributed by atoms with Crippen LogP contribution in [0, 0.1) is 0 Å². The molecule has 6 heteroatoms. The van der Waals surface area contributed by atoms with Gasteiger partial charge in [0.2, 0.25) is 11.8 Å². The van der Waals surface area contributed by atoms with Crippen LogP contribution in [-0.2, 0) is 9.59 Å². The molecule has 2 heterocycles. The summed E-state index contributed by atoms with van der Waals surface area (Å²) in [6.45, 7) is 0.639. The average Bonchev–Trinajstić information content (AvgIpc) is 3.41. The largest absolute Gasteiger partial charge is 0.481 e. The molecule has 1 unspecified atom stereocenters. The molecule has 1 atom stereocenters. The lowest BCUT2D eigenvalue weighted by Crippen LogP contribution is -2.29. The number of carboxylic acids is 1. The molecule has 1 saturated heterocycles. The minimum Gasteiger partial charge on any atom is -0.481 e. The van der Waals surface area contributed by atoms with Crippen molar-refractivity contribution in [3.05, 3.63) is 66.6 Å². The smallest absolute Gasteiger partial charge is 0.303 e. The first-order valence-corrected chi connectivity index (χ1v) is 11.3. The van der Waals surface area contributed by atoms with Crippen LogP contribution in [0.25, 0.3) is 22.6 Å². The Morgan fingerprint density at radius 3 is 2.31 bits per heavy atom. The highest BCUT2D eigenvalue weighted by Crippen LogP contribution is 2.39. The van der Waals surface area contributed by atoms with Crippen molar-refractivity contribution in [2.75, 3.05) is 6.54 Å². The van der Waals surface area contributed by atoms with E-state index in [0.29, 0.717) is 31.7 Å². The summed E-state index contributed by atoms with van der Waals surface area (Å²) in [6.07, 6.45) is 4.67. The normalized spacial score (nSPS) is 15.9. The fourth-order valence-electron chi connectivity index (χ4n) is 4.24. The maximum atomic E-state index is 12.6. The van der Waals surface area contributed by atoms with Crippen LogP contribution in [0.4, 0.5) is 0 Å². The van der Waals surface area contributed by atoms with E-state index in [0.717, 1.165) is 41.8 Å². The third kappa shape index (κ3) is 5.07.